The maximum atomic E-state index is 12.9. The number of benzene rings is 2. The molecule has 0 spiro atoms. The Hall–Kier alpha value is -2.28. The van der Waals surface area contributed by atoms with Gasteiger partial charge in [-0.1, -0.05) is 42.0 Å². The van der Waals surface area contributed by atoms with Gasteiger partial charge < -0.3 is 10.2 Å². The molecule has 162 valence electrons. The number of rotatable bonds is 3. The summed E-state index contributed by atoms with van der Waals surface area (Å²) < 4.78 is 0. The summed E-state index contributed by atoms with van der Waals surface area (Å²) >= 11 is 1.63. The number of carbonyl (C=O) groups excluding carboxylic acids is 1. The molecule has 2 fully saturated rings. The number of nitrogens with one attached hydrogen (secondary N) is 2. The van der Waals surface area contributed by atoms with E-state index >= 15 is 0 Å². The molecule has 0 radical (unpaired) electrons. The van der Waals surface area contributed by atoms with Crippen LogP contribution < -0.4 is 15.5 Å². The van der Waals surface area contributed by atoms with Gasteiger partial charge >= 0.3 is 0 Å². The molecule has 0 bridgehead atoms. The summed E-state index contributed by atoms with van der Waals surface area (Å²) in [5.74, 6) is 0.131. The van der Waals surface area contributed by atoms with Crippen LogP contribution in [0.4, 0.5) is 5.69 Å². The highest BCUT2D eigenvalue weighted by molar-refractivity contribution is 8.04. The van der Waals surface area contributed by atoms with Crippen LogP contribution in [0, 0.1) is 13.8 Å². The Morgan fingerprint density at radius 3 is 2.55 bits per heavy atom. The van der Waals surface area contributed by atoms with Crippen molar-refractivity contribution in [2.45, 2.75) is 44.4 Å². The van der Waals surface area contributed by atoms with Crippen molar-refractivity contribution < 1.29 is 4.79 Å². The van der Waals surface area contributed by atoms with E-state index in [1.807, 2.05) is 0 Å². The minimum Gasteiger partial charge on any atom is -0.366 e. The van der Waals surface area contributed by atoms with Gasteiger partial charge in [0.2, 0.25) is 5.91 Å². The number of fused-ring (bicyclic) bond motifs is 1. The molecule has 0 saturated carbocycles. The van der Waals surface area contributed by atoms with Crippen molar-refractivity contribution in [3.8, 4) is 0 Å². The van der Waals surface area contributed by atoms with Crippen LogP contribution in [0.1, 0.15) is 23.6 Å². The third-order valence-electron chi connectivity index (χ3n) is 6.56. The van der Waals surface area contributed by atoms with Crippen LogP contribution in [-0.2, 0) is 4.79 Å². The molecule has 6 heteroatoms. The van der Waals surface area contributed by atoms with Gasteiger partial charge in [0.25, 0.3) is 0 Å². The average Bonchev–Trinajstić information content (AvgIpc) is 3.18. The normalized spacial score (nSPS) is 28.8. The van der Waals surface area contributed by atoms with Gasteiger partial charge in [-0.25, -0.2) is 0 Å². The molecule has 2 saturated heterocycles. The lowest BCUT2D eigenvalue weighted by atomic mass is 9.95. The Morgan fingerprint density at radius 2 is 1.81 bits per heavy atom. The van der Waals surface area contributed by atoms with E-state index in [4.69, 9.17) is 0 Å². The quantitative estimate of drug-likeness (QED) is 0.776. The van der Waals surface area contributed by atoms with Gasteiger partial charge in [-0.3, -0.25) is 15.0 Å². The molecule has 1 amide bonds. The number of aryl methyl sites for hydroxylation is 2. The molecule has 2 aromatic carbocycles. The molecule has 5 nitrogen and oxygen atoms in total. The number of amides is 1. The summed E-state index contributed by atoms with van der Waals surface area (Å²) in [5, 5.41) is 9.05. The van der Waals surface area contributed by atoms with E-state index < -0.39 is 0 Å². The summed E-state index contributed by atoms with van der Waals surface area (Å²) in [4.78, 5) is 17.8. The van der Waals surface area contributed by atoms with Crippen LogP contribution in [0.2, 0.25) is 0 Å². The maximum absolute atomic E-state index is 12.9. The third kappa shape index (κ3) is 4.00. The van der Waals surface area contributed by atoms with Crippen LogP contribution in [-0.4, -0.2) is 54.1 Å². The fourth-order valence-corrected chi connectivity index (χ4v) is 6.11. The molecule has 0 aliphatic carbocycles. The molecule has 31 heavy (non-hydrogen) atoms. The molecule has 2 N–H and O–H groups in total. The Morgan fingerprint density at radius 1 is 1.03 bits per heavy atom. The molecule has 4 atom stereocenters. The predicted molar refractivity (Wildman–Crippen MR) is 129 cm³/mol. The lowest BCUT2D eigenvalue weighted by Crippen LogP contribution is -2.70. The van der Waals surface area contributed by atoms with E-state index in [1.165, 1.54) is 28.0 Å². The van der Waals surface area contributed by atoms with Crippen molar-refractivity contribution in [1.29, 1.82) is 0 Å². The number of thioether (sulfide) groups is 1. The first-order valence-electron chi connectivity index (χ1n) is 11.1. The average molecular weight is 435 g/mol. The second kappa shape index (κ2) is 8.34. The van der Waals surface area contributed by atoms with Crippen molar-refractivity contribution in [3.63, 3.8) is 0 Å². The Bertz CT molecular complexity index is 1020. The van der Waals surface area contributed by atoms with Crippen LogP contribution in [0.3, 0.4) is 0 Å². The van der Waals surface area contributed by atoms with Crippen molar-refractivity contribution in [3.05, 3.63) is 70.6 Å². The first-order chi connectivity index (χ1) is 15.0. The topological polar surface area (TPSA) is 47.6 Å². The van der Waals surface area contributed by atoms with Gasteiger partial charge in [-0.15, -0.1) is 11.8 Å². The molecule has 3 aliphatic rings. The fraction of sp³-hybridized carbons (Fsp3) is 0.400. The Balaban J connectivity index is 1.30. The van der Waals surface area contributed by atoms with Crippen LogP contribution >= 0.6 is 11.8 Å². The van der Waals surface area contributed by atoms with Crippen molar-refractivity contribution in [1.82, 2.24) is 15.5 Å². The minimum atomic E-state index is -0.136. The molecule has 5 rings (SSSR count). The molecule has 0 aromatic heterocycles. The third-order valence-corrected chi connectivity index (χ3v) is 7.73. The van der Waals surface area contributed by atoms with Crippen LogP contribution in [0.25, 0.3) is 5.57 Å². The molecular formula is C25H30N4OS. The first kappa shape index (κ1) is 20.6. The van der Waals surface area contributed by atoms with E-state index in [0.29, 0.717) is 6.04 Å². The fourth-order valence-electron chi connectivity index (χ4n) is 4.96. The zero-order chi connectivity index (χ0) is 21.5. The number of hydrogen-bond donors (Lipinski definition) is 2. The summed E-state index contributed by atoms with van der Waals surface area (Å²) in [6.07, 6.45) is -0.136. The molecule has 3 aliphatic heterocycles. The first-order valence-corrected chi connectivity index (χ1v) is 12.0. The molecule has 3 heterocycles. The van der Waals surface area contributed by atoms with Gasteiger partial charge in [0, 0.05) is 31.4 Å². The zero-order valence-electron chi connectivity index (χ0n) is 18.3. The van der Waals surface area contributed by atoms with Crippen molar-refractivity contribution >= 4 is 28.9 Å². The van der Waals surface area contributed by atoms with Crippen molar-refractivity contribution in [2.24, 2.45) is 0 Å². The summed E-state index contributed by atoms with van der Waals surface area (Å²) in [7, 11) is 0. The SMILES string of the molecule is Cc1cccc(C2=CSC3C(=O)NC(N4CCN(c5cccc(C)c5)C(C)C4)NC23)c1. The van der Waals surface area contributed by atoms with Crippen LogP contribution in [0.5, 0.6) is 0 Å². The molecule has 2 aromatic rings. The zero-order valence-corrected chi connectivity index (χ0v) is 19.2. The number of nitrogens with zero attached hydrogens (tertiary/aromatic N) is 2. The van der Waals surface area contributed by atoms with Gasteiger partial charge in [-0.2, -0.15) is 0 Å². The molecular weight excluding hydrogens is 404 g/mol. The standard InChI is InChI=1S/C25H30N4OS/c1-16-6-4-8-19(12-16)21-15-31-23-22(21)26-25(27-24(23)30)28-10-11-29(18(3)14-28)20-9-5-7-17(2)13-20/h4-9,12-13,15,18,22-23,25-26H,10-11,14H2,1-3H3,(H,27,30). The van der Waals surface area contributed by atoms with E-state index in [1.54, 1.807) is 11.8 Å². The summed E-state index contributed by atoms with van der Waals surface area (Å²) in [6, 6.07) is 17.7. The highest BCUT2D eigenvalue weighted by atomic mass is 32.2. The number of hydrogen-bond acceptors (Lipinski definition) is 5. The van der Waals surface area contributed by atoms with E-state index in [9.17, 15) is 4.79 Å². The summed E-state index contributed by atoms with van der Waals surface area (Å²) in [5.41, 5.74) is 6.24. The van der Waals surface area contributed by atoms with Crippen molar-refractivity contribution in [2.75, 3.05) is 24.5 Å². The monoisotopic (exact) mass is 434 g/mol. The number of anilines is 1. The van der Waals surface area contributed by atoms with Crippen LogP contribution in [0.15, 0.2) is 53.9 Å². The highest BCUT2D eigenvalue weighted by Gasteiger charge is 2.44. The Labute approximate surface area is 188 Å². The van der Waals surface area contributed by atoms with E-state index in [-0.39, 0.29) is 23.5 Å². The minimum absolute atomic E-state index is 0.0376. The largest absolute Gasteiger partial charge is 0.366 e. The van der Waals surface area contributed by atoms with Gasteiger partial charge in [0.15, 0.2) is 0 Å². The second-order valence-corrected chi connectivity index (χ2v) is 9.95. The maximum Gasteiger partial charge on any atom is 0.237 e. The van der Waals surface area contributed by atoms with E-state index in [0.717, 1.165) is 19.6 Å². The predicted octanol–water partition coefficient (Wildman–Crippen LogP) is 3.34. The summed E-state index contributed by atoms with van der Waals surface area (Å²) in [6.45, 7) is 9.28. The van der Waals surface area contributed by atoms with E-state index in [2.05, 4.69) is 95.1 Å². The molecule has 4 unspecified atom stereocenters. The van der Waals surface area contributed by atoms with Gasteiger partial charge in [0.05, 0.1) is 6.04 Å². The smallest absolute Gasteiger partial charge is 0.237 e. The number of piperazine rings is 1. The number of carbonyl (C=O) groups is 1. The van der Waals surface area contributed by atoms with Gasteiger partial charge in [-0.05, 0) is 55.0 Å². The lowest BCUT2D eigenvalue weighted by Gasteiger charge is -2.47. The second-order valence-electron chi connectivity index (χ2n) is 8.93. The lowest BCUT2D eigenvalue weighted by molar-refractivity contribution is -0.125. The Kier molecular flexibility index (Phi) is 5.54. The van der Waals surface area contributed by atoms with Gasteiger partial charge in [0.1, 0.15) is 11.5 Å². The highest BCUT2D eigenvalue weighted by Crippen LogP contribution is 2.39.